The predicted octanol–water partition coefficient (Wildman–Crippen LogP) is 0.895. The van der Waals surface area contributed by atoms with Gasteiger partial charge in [-0.15, -0.1) is 11.3 Å². The standard InChI is InChI=1S/C17H19N7O2S/c1-23(11-7-24(17(19)26)8-12(11)25)16-14-10(3-5-27-14)21-15(22-16)9-2-4-20-13(18)6-9/h2-6,11-12,25H,7-8H2,1H3,(H2,18,20)(H2,19,26)/t11-,12-/m0/s1. The zero-order valence-electron chi connectivity index (χ0n) is 14.6. The van der Waals surface area contributed by atoms with Gasteiger partial charge in [-0.25, -0.2) is 19.7 Å². The first-order valence-corrected chi connectivity index (χ1v) is 9.24. The number of fused-ring (bicyclic) bond motifs is 1. The average Bonchev–Trinajstić information content (AvgIpc) is 3.26. The molecule has 4 heterocycles. The van der Waals surface area contributed by atoms with Crippen molar-refractivity contribution in [3.05, 3.63) is 29.8 Å². The number of hydrogen-bond acceptors (Lipinski definition) is 8. The number of nitrogens with zero attached hydrogens (tertiary/aromatic N) is 5. The lowest BCUT2D eigenvalue weighted by molar-refractivity contribution is 0.164. The molecule has 3 aromatic rings. The summed E-state index contributed by atoms with van der Waals surface area (Å²) in [6.45, 7) is 0.540. The number of carbonyl (C=O) groups excluding carboxylic acids is 1. The summed E-state index contributed by atoms with van der Waals surface area (Å²) in [5.74, 6) is 1.60. The number of aromatic nitrogens is 3. The topological polar surface area (TPSA) is 134 Å². The number of pyridine rings is 1. The minimum absolute atomic E-state index is 0.205. The quantitative estimate of drug-likeness (QED) is 0.609. The lowest BCUT2D eigenvalue weighted by atomic mass is 10.2. The Morgan fingerprint density at radius 2 is 2.19 bits per heavy atom. The third kappa shape index (κ3) is 3.13. The van der Waals surface area contributed by atoms with Crippen LogP contribution in [0.15, 0.2) is 29.8 Å². The van der Waals surface area contributed by atoms with Crippen LogP contribution in [-0.2, 0) is 0 Å². The van der Waals surface area contributed by atoms with Crippen LogP contribution < -0.4 is 16.4 Å². The molecule has 0 radical (unpaired) electrons. The first kappa shape index (κ1) is 17.4. The van der Waals surface area contributed by atoms with Gasteiger partial charge in [-0.3, -0.25) is 0 Å². The number of likely N-dealkylation sites (N-methyl/N-ethyl adjacent to an activating group) is 1. The normalized spacial score (nSPS) is 19.6. The van der Waals surface area contributed by atoms with Gasteiger partial charge in [0.15, 0.2) is 11.6 Å². The van der Waals surface area contributed by atoms with Gasteiger partial charge in [0, 0.05) is 25.4 Å². The van der Waals surface area contributed by atoms with E-state index in [1.807, 2.05) is 23.4 Å². The summed E-state index contributed by atoms with van der Waals surface area (Å²) in [4.78, 5) is 28.2. The highest BCUT2D eigenvalue weighted by atomic mass is 32.1. The fraction of sp³-hybridized carbons (Fsp3) is 0.294. The van der Waals surface area contributed by atoms with Gasteiger partial charge >= 0.3 is 6.03 Å². The van der Waals surface area contributed by atoms with Gasteiger partial charge in [0.2, 0.25) is 0 Å². The van der Waals surface area contributed by atoms with Crippen molar-refractivity contribution in [2.75, 3.05) is 30.8 Å². The molecule has 140 valence electrons. The fourth-order valence-corrected chi connectivity index (χ4v) is 4.15. The van der Waals surface area contributed by atoms with Crippen LogP contribution >= 0.6 is 11.3 Å². The minimum Gasteiger partial charge on any atom is -0.389 e. The van der Waals surface area contributed by atoms with Crippen LogP contribution in [0.5, 0.6) is 0 Å². The van der Waals surface area contributed by atoms with E-state index in [1.54, 1.807) is 18.3 Å². The van der Waals surface area contributed by atoms with Crippen LogP contribution in [0.2, 0.25) is 0 Å². The molecule has 4 rings (SSSR count). The zero-order chi connectivity index (χ0) is 19.1. The summed E-state index contributed by atoms with van der Waals surface area (Å²) in [6, 6.07) is 4.59. The molecule has 2 atom stereocenters. The summed E-state index contributed by atoms with van der Waals surface area (Å²) in [5, 5.41) is 12.4. The molecule has 0 bridgehead atoms. The molecular formula is C17H19N7O2S. The van der Waals surface area contributed by atoms with E-state index in [2.05, 4.69) is 9.97 Å². The Morgan fingerprint density at radius 1 is 1.37 bits per heavy atom. The van der Waals surface area contributed by atoms with Crippen LogP contribution in [0.1, 0.15) is 0 Å². The highest BCUT2D eigenvalue weighted by Gasteiger charge is 2.37. The number of nitrogens with two attached hydrogens (primary N) is 2. The van der Waals surface area contributed by atoms with E-state index in [4.69, 9.17) is 16.5 Å². The molecule has 9 nitrogen and oxygen atoms in total. The second kappa shape index (κ2) is 6.63. The van der Waals surface area contributed by atoms with Crippen molar-refractivity contribution < 1.29 is 9.90 Å². The molecule has 3 aromatic heterocycles. The first-order chi connectivity index (χ1) is 12.9. The van der Waals surface area contributed by atoms with Crippen LogP contribution in [-0.4, -0.2) is 63.3 Å². The number of amides is 2. The second-order valence-electron chi connectivity index (χ2n) is 6.46. The Balaban J connectivity index is 1.77. The number of nitrogen functional groups attached to an aromatic ring is 1. The number of β-amino-alcohol motifs (C(OH)–C–C–N with tert-alkyl or cyclic N) is 1. The molecule has 1 saturated heterocycles. The maximum Gasteiger partial charge on any atom is 0.314 e. The van der Waals surface area contributed by atoms with E-state index in [1.165, 1.54) is 16.2 Å². The number of aliphatic hydroxyl groups is 1. The van der Waals surface area contributed by atoms with E-state index in [9.17, 15) is 9.90 Å². The molecule has 1 fully saturated rings. The van der Waals surface area contributed by atoms with Crippen molar-refractivity contribution >= 4 is 39.2 Å². The van der Waals surface area contributed by atoms with Crippen molar-refractivity contribution in [2.24, 2.45) is 5.73 Å². The number of aliphatic hydroxyl groups excluding tert-OH is 1. The summed E-state index contributed by atoms with van der Waals surface area (Å²) in [6.07, 6.45) is 0.897. The van der Waals surface area contributed by atoms with Crippen LogP contribution in [0, 0.1) is 0 Å². The summed E-state index contributed by atoms with van der Waals surface area (Å²) >= 11 is 1.53. The Kier molecular flexibility index (Phi) is 4.28. The van der Waals surface area contributed by atoms with Gasteiger partial charge < -0.3 is 26.4 Å². The first-order valence-electron chi connectivity index (χ1n) is 8.36. The molecule has 0 saturated carbocycles. The molecule has 1 aliphatic heterocycles. The predicted molar refractivity (Wildman–Crippen MR) is 104 cm³/mol. The molecule has 5 N–H and O–H groups in total. The maximum atomic E-state index is 11.5. The summed E-state index contributed by atoms with van der Waals surface area (Å²) in [5.41, 5.74) is 12.7. The third-order valence-electron chi connectivity index (χ3n) is 4.73. The van der Waals surface area contributed by atoms with Crippen molar-refractivity contribution in [3.8, 4) is 11.4 Å². The second-order valence-corrected chi connectivity index (χ2v) is 7.38. The lowest BCUT2D eigenvalue weighted by Crippen LogP contribution is -2.42. The molecule has 27 heavy (non-hydrogen) atoms. The van der Waals surface area contributed by atoms with Crippen molar-refractivity contribution in [3.63, 3.8) is 0 Å². The van der Waals surface area contributed by atoms with Crippen LogP contribution in [0.25, 0.3) is 21.6 Å². The Bertz CT molecular complexity index is 1010. The van der Waals surface area contributed by atoms with E-state index in [0.29, 0.717) is 24.0 Å². The number of thiophene rings is 1. The summed E-state index contributed by atoms with van der Waals surface area (Å²) < 4.78 is 0.910. The number of carbonyl (C=O) groups is 1. The minimum atomic E-state index is -0.715. The molecule has 2 amide bonds. The Labute approximate surface area is 159 Å². The largest absolute Gasteiger partial charge is 0.389 e. The Morgan fingerprint density at radius 3 is 2.89 bits per heavy atom. The SMILES string of the molecule is CN(c1nc(-c2ccnc(N)c2)nc2ccsc12)[C@H]1CN(C(N)=O)C[C@@H]1O. The molecule has 0 unspecified atom stereocenters. The lowest BCUT2D eigenvalue weighted by Gasteiger charge is -2.28. The van der Waals surface area contributed by atoms with E-state index < -0.39 is 12.1 Å². The summed E-state index contributed by atoms with van der Waals surface area (Å²) in [7, 11) is 1.85. The monoisotopic (exact) mass is 385 g/mol. The van der Waals surface area contributed by atoms with Crippen LogP contribution in [0.4, 0.5) is 16.4 Å². The molecule has 0 aliphatic carbocycles. The molecule has 1 aliphatic rings. The smallest absolute Gasteiger partial charge is 0.314 e. The van der Waals surface area contributed by atoms with E-state index in [0.717, 1.165) is 15.8 Å². The van der Waals surface area contributed by atoms with Gasteiger partial charge in [0.05, 0.1) is 28.9 Å². The van der Waals surface area contributed by atoms with E-state index in [-0.39, 0.29) is 12.6 Å². The number of primary amides is 1. The number of likely N-dealkylation sites (tertiary alicyclic amines) is 1. The number of rotatable bonds is 3. The average molecular weight is 385 g/mol. The van der Waals surface area contributed by atoms with Crippen molar-refractivity contribution in [1.29, 1.82) is 0 Å². The Hall–Kier alpha value is -2.98. The highest BCUT2D eigenvalue weighted by molar-refractivity contribution is 7.17. The van der Waals surface area contributed by atoms with Gasteiger partial charge in [-0.1, -0.05) is 0 Å². The number of urea groups is 1. The zero-order valence-corrected chi connectivity index (χ0v) is 15.4. The van der Waals surface area contributed by atoms with Crippen molar-refractivity contribution in [1.82, 2.24) is 19.9 Å². The van der Waals surface area contributed by atoms with Gasteiger partial charge in [-0.05, 0) is 23.6 Å². The molecule has 0 spiro atoms. The van der Waals surface area contributed by atoms with Gasteiger partial charge in [-0.2, -0.15) is 0 Å². The van der Waals surface area contributed by atoms with Crippen molar-refractivity contribution in [2.45, 2.75) is 12.1 Å². The molecule has 0 aromatic carbocycles. The number of anilines is 2. The van der Waals surface area contributed by atoms with Gasteiger partial charge in [0.1, 0.15) is 5.82 Å². The van der Waals surface area contributed by atoms with E-state index >= 15 is 0 Å². The number of hydrogen-bond donors (Lipinski definition) is 3. The molecule has 10 heteroatoms. The van der Waals surface area contributed by atoms with Gasteiger partial charge in [0.25, 0.3) is 0 Å². The fourth-order valence-electron chi connectivity index (χ4n) is 3.29. The maximum absolute atomic E-state index is 11.5. The van der Waals surface area contributed by atoms with Crippen LogP contribution in [0.3, 0.4) is 0 Å². The third-order valence-corrected chi connectivity index (χ3v) is 5.63. The molecular weight excluding hydrogens is 366 g/mol. The highest BCUT2D eigenvalue weighted by Crippen LogP contribution is 2.33.